The van der Waals surface area contributed by atoms with E-state index in [9.17, 15) is 4.39 Å². The Hall–Kier alpha value is -1.49. The highest BCUT2D eigenvalue weighted by atomic mass is 19.1. The zero-order chi connectivity index (χ0) is 8.97. The summed E-state index contributed by atoms with van der Waals surface area (Å²) in [4.78, 5) is 0. The van der Waals surface area contributed by atoms with E-state index >= 15 is 0 Å². The van der Waals surface area contributed by atoms with E-state index in [-0.39, 0.29) is 0 Å². The SMILES string of the molecule is CC#Cc1cc(F)[c]c(OC)c1. The third kappa shape index (κ3) is 2.00. The smallest absolute Gasteiger partial charge is 0.136 e. The highest BCUT2D eigenvalue weighted by Crippen LogP contribution is 2.13. The zero-order valence-electron chi connectivity index (χ0n) is 6.94. The lowest BCUT2D eigenvalue weighted by Gasteiger charge is -1.98. The van der Waals surface area contributed by atoms with Crippen LogP contribution in [0.15, 0.2) is 12.1 Å². The molecule has 0 aliphatic carbocycles. The van der Waals surface area contributed by atoms with E-state index in [1.54, 1.807) is 13.0 Å². The van der Waals surface area contributed by atoms with Gasteiger partial charge in [-0.05, 0) is 19.1 Å². The third-order valence-electron chi connectivity index (χ3n) is 1.30. The topological polar surface area (TPSA) is 9.23 Å². The average molecular weight is 163 g/mol. The van der Waals surface area contributed by atoms with Gasteiger partial charge in [-0.3, -0.25) is 0 Å². The van der Waals surface area contributed by atoms with Gasteiger partial charge in [0.1, 0.15) is 11.6 Å². The van der Waals surface area contributed by atoms with E-state index in [2.05, 4.69) is 17.9 Å². The van der Waals surface area contributed by atoms with Crippen molar-refractivity contribution in [1.82, 2.24) is 0 Å². The van der Waals surface area contributed by atoms with Crippen molar-refractivity contribution in [3.63, 3.8) is 0 Å². The molecule has 1 radical (unpaired) electrons. The van der Waals surface area contributed by atoms with E-state index in [1.807, 2.05) is 0 Å². The van der Waals surface area contributed by atoms with Crippen LogP contribution in [0.4, 0.5) is 4.39 Å². The maximum atomic E-state index is 12.7. The van der Waals surface area contributed by atoms with Gasteiger partial charge in [-0.15, -0.1) is 5.92 Å². The minimum Gasteiger partial charge on any atom is -0.496 e. The lowest BCUT2D eigenvalue weighted by Crippen LogP contribution is -1.86. The molecule has 0 spiro atoms. The first-order valence-corrected chi connectivity index (χ1v) is 3.46. The van der Waals surface area contributed by atoms with Gasteiger partial charge >= 0.3 is 0 Å². The van der Waals surface area contributed by atoms with Crippen LogP contribution in [0.5, 0.6) is 5.75 Å². The largest absolute Gasteiger partial charge is 0.496 e. The van der Waals surface area contributed by atoms with Gasteiger partial charge < -0.3 is 4.74 Å². The summed E-state index contributed by atoms with van der Waals surface area (Å²) in [7, 11) is 1.47. The molecule has 0 bridgehead atoms. The predicted octanol–water partition coefficient (Wildman–Crippen LogP) is 2.01. The molecular formula is C10H8FO. The van der Waals surface area contributed by atoms with Crippen LogP contribution in [0.3, 0.4) is 0 Å². The second kappa shape index (κ2) is 3.77. The van der Waals surface area contributed by atoms with Crippen molar-refractivity contribution in [3.05, 3.63) is 29.6 Å². The third-order valence-corrected chi connectivity index (χ3v) is 1.30. The van der Waals surface area contributed by atoms with Crippen molar-refractivity contribution in [2.75, 3.05) is 7.11 Å². The van der Waals surface area contributed by atoms with Crippen LogP contribution in [0.1, 0.15) is 12.5 Å². The van der Waals surface area contributed by atoms with Gasteiger partial charge in [0.2, 0.25) is 0 Å². The molecule has 1 rings (SSSR count). The molecular weight excluding hydrogens is 155 g/mol. The normalized spacial score (nSPS) is 8.58. The molecule has 1 aromatic rings. The molecule has 0 aromatic heterocycles. The molecule has 0 fully saturated rings. The predicted molar refractivity (Wildman–Crippen MR) is 44.3 cm³/mol. The molecule has 0 aliphatic heterocycles. The molecule has 0 saturated carbocycles. The van der Waals surface area contributed by atoms with Crippen LogP contribution in [-0.2, 0) is 0 Å². The van der Waals surface area contributed by atoms with E-state index in [1.165, 1.54) is 13.2 Å². The average Bonchev–Trinajstić information content (AvgIpc) is 2.04. The molecule has 61 valence electrons. The van der Waals surface area contributed by atoms with Gasteiger partial charge in [-0.2, -0.15) is 0 Å². The van der Waals surface area contributed by atoms with Crippen molar-refractivity contribution in [3.8, 4) is 17.6 Å². The first-order chi connectivity index (χ1) is 5.76. The Morgan fingerprint density at radius 2 is 2.25 bits per heavy atom. The number of benzene rings is 1. The fourth-order valence-corrected chi connectivity index (χ4v) is 0.836. The summed E-state index contributed by atoms with van der Waals surface area (Å²) in [6.45, 7) is 1.70. The van der Waals surface area contributed by atoms with E-state index < -0.39 is 5.82 Å². The van der Waals surface area contributed by atoms with Crippen molar-refractivity contribution in [1.29, 1.82) is 0 Å². The van der Waals surface area contributed by atoms with Crippen molar-refractivity contribution in [2.24, 2.45) is 0 Å². The lowest BCUT2D eigenvalue weighted by molar-refractivity contribution is 0.410. The van der Waals surface area contributed by atoms with Crippen LogP contribution >= 0.6 is 0 Å². The quantitative estimate of drug-likeness (QED) is 0.575. The summed E-state index contributed by atoms with van der Waals surface area (Å²) in [6.07, 6.45) is 0. The molecule has 0 N–H and O–H groups in total. The number of rotatable bonds is 1. The monoisotopic (exact) mass is 163 g/mol. The van der Waals surface area contributed by atoms with Crippen molar-refractivity contribution >= 4 is 0 Å². The minimum absolute atomic E-state index is 0.368. The van der Waals surface area contributed by atoms with Gasteiger partial charge in [-0.25, -0.2) is 4.39 Å². The molecule has 1 nitrogen and oxygen atoms in total. The van der Waals surface area contributed by atoms with E-state index in [0.717, 1.165) is 0 Å². The van der Waals surface area contributed by atoms with Crippen LogP contribution in [0, 0.1) is 23.7 Å². The molecule has 2 heteroatoms. The summed E-state index contributed by atoms with van der Waals surface area (Å²) in [6, 6.07) is 5.36. The summed E-state index contributed by atoms with van der Waals surface area (Å²) in [5.74, 6) is 5.33. The van der Waals surface area contributed by atoms with Gasteiger partial charge in [0.15, 0.2) is 0 Å². The standard InChI is InChI=1S/C10H8FO/c1-3-4-8-5-9(11)7-10(6-8)12-2/h5-6H,1-2H3. The van der Waals surface area contributed by atoms with Gasteiger partial charge in [0.25, 0.3) is 0 Å². The Kier molecular flexibility index (Phi) is 2.71. The Bertz CT molecular complexity index is 333. The van der Waals surface area contributed by atoms with E-state index in [4.69, 9.17) is 4.74 Å². The lowest BCUT2D eigenvalue weighted by atomic mass is 10.2. The fourth-order valence-electron chi connectivity index (χ4n) is 0.836. The number of methoxy groups -OCH3 is 1. The Morgan fingerprint density at radius 1 is 1.50 bits per heavy atom. The van der Waals surface area contributed by atoms with Crippen molar-refractivity contribution in [2.45, 2.75) is 6.92 Å². The fraction of sp³-hybridized carbons (Fsp3) is 0.200. The van der Waals surface area contributed by atoms with Crippen molar-refractivity contribution < 1.29 is 9.13 Å². The van der Waals surface area contributed by atoms with Crippen LogP contribution in [-0.4, -0.2) is 7.11 Å². The molecule has 0 atom stereocenters. The van der Waals surface area contributed by atoms with Crippen LogP contribution in [0.25, 0.3) is 0 Å². The number of ether oxygens (including phenoxy) is 1. The highest BCUT2D eigenvalue weighted by molar-refractivity contribution is 5.39. The maximum Gasteiger partial charge on any atom is 0.136 e. The minimum atomic E-state index is -0.452. The van der Waals surface area contributed by atoms with Gasteiger partial charge in [0, 0.05) is 5.56 Å². The Labute approximate surface area is 71.2 Å². The molecule has 12 heavy (non-hydrogen) atoms. The summed E-state index contributed by atoms with van der Waals surface area (Å²) < 4.78 is 17.6. The maximum absolute atomic E-state index is 12.7. The molecule has 0 amide bonds. The zero-order valence-corrected chi connectivity index (χ0v) is 6.94. The highest BCUT2D eigenvalue weighted by Gasteiger charge is 1.98. The van der Waals surface area contributed by atoms with Gasteiger partial charge in [0.05, 0.1) is 13.2 Å². The number of halogens is 1. The summed E-state index contributed by atoms with van der Waals surface area (Å²) in [5.41, 5.74) is 0.602. The molecule has 0 unspecified atom stereocenters. The molecule has 0 aliphatic rings. The summed E-state index contributed by atoms with van der Waals surface area (Å²) in [5, 5.41) is 0. The second-order valence-electron chi connectivity index (χ2n) is 2.16. The van der Waals surface area contributed by atoms with Gasteiger partial charge in [-0.1, -0.05) is 5.92 Å². The number of hydrogen-bond acceptors (Lipinski definition) is 1. The molecule has 1 aromatic carbocycles. The number of hydrogen-bond donors (Lipinski definition) is 0. The molecule has 0 heterocycles. The first-order valence-electron chi connectivity index (χ1n) is 3.46. The summed E-state index contributed by atoms with van der Waals surface area (Å²) >= 11 is 0. The first kappa shape index (κ1) is 8.61. The van der Waals surface area contributed by atoms with Crippen LogP contribution < -0.4 is 4.74 Å². The Balaban J connectivity index is 3.12. The second-order valence-corrected chi connectivity index (χ2v) is 2.16. The molecule has 0 saturated heterocycles. The Morgan fingerprint density at radius 3 is 2.83 bits per heavy atom. The van der Waals surface area contributed by atoms with E-state index in [0.29, 0.717) is 11.3 Å². The van der Waals surface area contributed by atoms with Crippen LogP contribution in [0.2, 0.25) is 0 Å².